The van der Waals surface area contributed by atoms with Gasteiger partial charge in [-0.25, -0.2) is 4.98 Å². The molecule has 1 aromatic carbocycles. The number of hydrogen-bond donors (Lipinski definition) is 1. The summed E-state index contributed by atoms with van der Waals surface area (Å²) in [5.74, 6) is 1.18. The summed E-state index contributed by atoms with van der Waals surface area (Å²) >= 11 is 0. The first-order valence-electron chi connectivity index (χ1n) is 6.72. The van der Waals surface area contributed by atoms with E-state index in [-0.39, 0.29) is 0 Å². The second kappa shape index (κ2) is 5.45. The zero-order chi connectivity index (χ0) is 15.6. The highest BCUT2D eigenvalue weighted by molar-refractivity contribution is 5.75. The number of aromatic nitrogens is 1. The van der Waals surface area contributed by atoms with Crippen molar-refractivity contribution in [1.29, 1.82) is 5.26 Å². The van der Waals surface area contributed by atoms with Crippen LogP contribution in [0.3, 0.4) is 0 Å². The van der Waals surface area contributed by atoms with E-state index >= 15 is 0 Å². The number of methoxy groups -OCH3 is 1. The number of nitrogens with two attached hydrogens (primary N) is 1. The van der Waals surface area contributed by atoms with Crippen molar-refractivity contribution in [1.82, 2.24) is 4.98 Å². The van der Waals surface area contributed by atoms with Crippen molar-refractivity contribution >= 4 is 5.82 Å². The molecule has 0 bridgehead atoms. The molecule has 0 aliphatic carbocycles. The number of anilines is 1. The average Bonchev–Trinajstić information content (AvgIpc) is 2.47. The van der Waals surface area contributed by atoms with Gasteiger partial charge in [-0.3, -0.25) is 0 Å². The fourth-order valence-electron chi connectivity index (χ4n) is 2.17. The van der Waals surface area contributed by atoms with Gasteiger partial charge in [0.1, 0.15) is 11.6 Å². The van der Waals surface area contributed by atoms with Crippen molar-refractivity contribution in [3.8, 4) is 22.9 Å². The van der Waals surface area contributed by atoms with Gasteiger partial charge < -0.3 is 10.5 Å². The summed E-state index contributed by atoms with van der Waals surface area (Å²) in [7, 11) is 1.61. The van der Waals surface area contributed by atoms with Gasteiger partial charge >= 0.3 is 0 Å². The van der Waals surface area contributed by atoms with E-state index in [1.165, 1.54) is 0 Å². The molecule has 0 amide bonds. The van der Waals surface area contributed by atoms with Gasteiger partial charge in [-0.1, -0.05) is 24.3 Å². The van der Waals surface area contributed by atoms with Gasteiger partial charge in [0.25, 0.3) is 0 Å². The van der Waals surface area contributed by atoms with E-state index in [4.69, 9.17) is 10.5 Å². The molecule has 0 unspecified atom stereocenters. The van der Waals surface area contributed by atoms with Gasteiger partial charge in [-0.2, -0.15) is 5.26 Å². The van der Waals surface area contributed by atoms with E-state index in [0.717, 1.165) is 22.4 Å². The second-order valence-electron chi connectivity index (χ2n) is 5.52. The minimum Gasteiger partial charge on any atom is -0.495 e. The SMILES string of the molecule is COc1cc(-c2ccc(C(C)(C)C#N)cc2)c(N)nc1C. The number of nitrogen functional groups attached to an aromatic ring is 1. The lowest BCUT2D eigenvalue weighted by atomic mass is 9.85. The summed E-state index contributed by atoms with van der Waals surface area (Å²) in [6.45, 7) is 5.65. The number of nitrogens with zero attached hydrogens (tertiary/aromatic N) is 2. The van der Waals surface area contributed by atoms with E-state index in [1.807, 2.05) is 51.1 Å². The minimum atomic E-state index is -0.507. The number of rotatable bonds is 3. The number of pyridine rings is 1. The van der Waals surface area contributed by atoms with Gasteiger partial charge in [0.05, 0.1) is 24.3 Å². The molecule has 2 aromatic rings. The molecule has 0 saturated carbocycles. The largest absolute Gasteiger partial charge is 0.495 e. The van der Waals surface area contributed by atoms with Crippen LogP contribution in [-0.2, 0) is 5.41 Å². The van der Waals surface area contributed by atoms with Gasteiger partial charge in [-0.15, -0.1) is 0 Å². The normalized spacial score (nSPS) is 11.0. The maximum absolute atomic E-state index is 9.18. The average molecular weight is 281 g/mol. The molecule has 21 heavy (non-hydrogen) atoms. The predicted molar refractivity (Wildman–Crippen MR) is 84.0 cm³/mol. The molecule has 4 nitrogen and oxygen atoms in total. The first-order chi connectivity index (χ1) is 9.89. The Bertz CT molecular complexity index is 697. The summed E-state index contributed by atoms with van der Waals surface area (Å²) in [6.07, 6.45) is 0. The quantitative estimate of drug-likeness (QED) is 0.935. The maximum atomic E-state index is 9.18. The van der Waals surface area contributed by atoms with E-state index in [9.17, 15) is 5.26 Å². The van der Waals surface area contributed by atoms with Gasteiger partial charge in [0.15, 0.2) is 0 Å². The molecule has 108 valence electrons. The molecule has 0 atom stereocenters. The van der Waals surface area contributed by atoms with Gasteiger partial charge in [0.2, 0.25) is 0 Å². The molecular formula is C17H19N3O. The van der Waals surface area contributed by atoms with Gasteiger partial charge in [0, 0.05) is 5.56 Å². The van der Waals surface area contributed by atoms with Crippen LogP contribution in [0.15, 0.2) is 30.3 Å². The van der Waals surface area contributed by atoms with E-state index in [0.29, 0.717) is 11.6 Å². The lowest BCUT2D eigenvalue weighted by Crippen LogP contribution is -2.13. The van der Waals surface area contributed by atoms with Crippen LogP contribution in [0.5, 0.6) is 5.75 Å². The Morgan fingerprint density at radius 3 is 2.38 bits per heavy atom. The van der Waals surface area contributed by atoms with Crippen molar-refractivity contribution in [2.45, 2.75) is 26.2 Å². The van der Waals surface area contributed by atoms with Crippen LogP contribution < -0.4 is 10.5 Å². The number of nitriles is 1. The predicted octanol–water partition coefficient (Wildman–Crippen LogP) is 3.45. The van der Waals surface area contributed by atoms with Crippen molar-refractivity contribution in [2.24, 2.45) is 0 Å². The van der Waals surface area contributed by atoms with E-state index in [2.05, 4.69) is 11.1 Å². The Morgan fingerprint density at radius 1 is 1.24 bits per heavy atom. The van der Waals surface area contributed by atoms with E-state index < -0.39 is 5.41 Å². The van der Waals surface area contributed by atoms with Crippen molar-refractivity contribution < 1.29 is 4.74 Å². The third-order valence-corrected chi connectivity index (χ3v) is 3.61. The third-order valence-electron chi connectivity index (χ3n) is 3.61. The Morgan fingerprint density at radius 2 is 1.86 bits per heavy atom. The molecule has 0 radical (unpaired) electrons. The zero-order valence-corrected chi connectivity index (χ0v) is 12.8. The summed E-state index contributed by atoms with van der Waals surface area (Å²) in [5.41, 5.74) is 9.02. The fraction of sp³-hybridized carbons (Fsp3) is 0.294. The molecule has 0 saturated heterocycles. The second-order valence-corrected chi connectivity index (χ2v) is 5.52. The Balaban J connectivity index is 2.47. The van der Waals surface area contributed by atoms with Crippen LogP contribution in [0.25, 0.3) is 11.1 Å². The van der Waals surface area contributed by atoms with Crippen LogP contribution in [-0.4, -0.2) is 12.1 Å². The number of aryl methyl sites for hydroxylation is 1. The molecular weight excluding hydrogens is 262 g/mol. The Kier molecular flexibility index (Phi) is 3.86. The summed E-state index contributed by atoms with van der Waals surface area (Å²) < 4.78 is 5.30. The molecule has 0 fully saturated rings. The minimum absolute atomic E-state index is 0.473. The van der Waals surface area contributed by atoms with Crippen LogP contribution in [0.4, 0.5) is 5.82 Å². The van der Waals surface area contributed by atoms with Crippen molar-refractivity contribution in [3.05, 3.63) is 41.6 Å². The lowest BCUT2D eigenvalue weighted by molar-refractivity contribution is 0.409. The van der Waals surface area contributed by atoms with Gasteiger partial charge in [-0.05, 0) is 38.0 Å². The zero-order valence-electron chi connectivity index (χ0n) is 12.8. The van der Waals surface area contributed by atoms with E-state index in [1.54, 1.807) is 7.11 Å². The van der Waals surface area contributed by atoms with Crippen LogP contribution in [0.2, 0.25) is 0 Å². The monoisotopic (exact) mass is 281 g/mol. The molecule has 1 aromatic heterocycles. The number of benzene rings is 1. The topological polar surface area (TPSA) is 71.9 Å². The third kappa shape index (κ3) is 2.82. The van der Waals surface area contributed by atoms with Crippen LogP contribution in [0.1, 0.15) is 25.1 Å². The summed E-state index contributed by atoms with van der Waals surface area (Å²) in [6, 6.07) is 12.0. The Labute approximate surface area is 125 Å². The Hall–Kier alpha value is -2.54. The van der Waals surface area contributed by atoms with Crippen LogP contribution in [0, 0.1) is 18.3 Å². The molecule has 4 heteroatoms. The summed E-state index contributed by atoms with van der Waals surface area (Å²) in [4.78, 5) is 4.31. The number of hydrogen-bond acceptors (Lipinski definition) is 4. The highest BCUT2D eigenvalue weighted by Gasteiger charge is 2.19. The molecule has 2 N–H and O–H groups in total. The van der Waals surface area contributed by atoms with Crippen molar-refractivity contribution in [2.75, 3.05) is 12.8 Å². The van der Waals surface area contributed by atoms with Crippen LogP contribution >= 0.6 is 0 Å². The molecule has 0 aliphatic heterocycles. The fourth-order valence-corrected chi connectivity index (χ4v) is 2.17. The molecule has 2 rings (SSSR count). The molecule has 0 spiro atoms. The number of ether oxygens (including phenoxy) is 1. The smallest absolute Gasteiger partial charge is 0.140 e. The maximum Gasteiger partial charge on any atom is 0.140 e. The molecule has 0 aliphatic rings. The highest BCUT2D eigenvalue weighted by Crippen LogP contribution is 2.32. The first kappa shape index (κ1) is 14.9. The molecule has 1 heterocycles. The first-order valence-corrected chi connectivity index (χ1v) is 6.72. The van der Waals surface area contributed by atoms with Crippen molar-refractivity contribution in [3.63, 3.8) is 0 Å². The highest BCUT2D eigenvalue weighted by atomic mass is 16.5. The summed E-state index contributed by atoms with van der Waals surface area (Å²) in [5, 5.41) is 9.18. The standard InChI is InChI=1S/C17H19N3O/c1-11-15(21-4)9-14(16(19)20-11)12-5-7-13(8-6-12)17(2,3)10-18/h5-9H,1-4H3,(H2,19,20). The lowest BCUT2D eigenvalue weighted by Gasteiger charge is -2.16.